The van der Waals surface area contributed by atoms with Crippen LogP contribution in [0, 0.1) is 0 Å². The molecule has 0 aromatic heterocycles. The Morgan fingerprint density at radius 2 is 1.92 bits per heavy atom. The molecule has 5 nitrogen and oxygen atoms in total. The van der Waals surface area contributed by atoms with Gasteiger partial charge in [-0.3, -0.25) is 4.79 Å². The van der Waals surface area contributed by atoms with E-state index in [9.17, 15) is 13.6 Å². The number of halogens is 4. The molecule has 1 heterocycles. The molecule has 0 aliphatic carbocycles. The highest BCUT2D eigenvalue weighted by atomic mass is 35.5. The Morgan fingerprint density at radius 1 is 1.17 bits per heavy atom. The van der Waals surface area contributed by atoms with Crippen molar-refractivity contribution in [3.63, 3.8) is 0 Å². The molecule has 24 heavy (non-hydrogen) atoms. The smallest absolute Gasteiger partial charge is 0.482 e. The SMILES string of the molecule is O=C(COc1cccc(Cl)c1Cl)Nc1ccc2c(c1)OC(F)(F)O2. The van der Waals surface area contributed by atoms with E-state index in [-0.39, 0.29) is 34.6 Å². The molecule has 1 aliphatic heterocycles. The molecule has 0 radical (unpaired) electrons. The average Bonchev–Trinajstić information content (AvgIpc) is 2.82. The summed E-state index contributed by atoms with van der Waals surface area (Å²) in [5.74, 6) is -0.544. The molecular formula is C15H9Cl2F2NO4. The number of benzene rings is 2. The summed E-state index contributed by atoms with van der Waals surface area (Å²) >= 11 is 11.8. The first-order valence-corrected chi connectivity index (χ1v) is 7.36. The van der Waals surface area contributed by atoms with Gasteiger partial charge in [0.2, 0.25) is 0 Å². The second kappa shape index (κ2) is 6.33. The van der Waals surface area contributed by atoms with E-state index in [0.29, 0.717) is 5.02 Å². The molecule has 9 heteroatoms. The highest BCUT2D eigenvalue weighted by molar-refractivity contribution is 6.42. The number of ether oxygens (including phenoxy) is 3. The minimum absolute atomic E-state index is 0.111. The van der Waals surface area contributed by atoms with Gasteiger partial charge in [-0.1, -0.05) is 29.3 Å². The van der Waals surface area contributed by atoms with Crippen LogP contribution in [-0.2, 0) is 4.79 Å². The summed E-state index contributed by atoms with van der Waals surface area (Å²) in [5.41, 5.74) is 0.251. The fourth-order valence-electron chi connectivity index (χ4n) is 1.96. The lowest BCUT2D eigenvalue weighted by atomic mass is 10.3. The van der Waals surface area contributed by atoms with Gasteiger partial charge in [0.1, 0.15) is 10.8 Å². The lowest BCUT2D eigenvalue weighted by molar-refractivity contribution is -0.286. The van der Waals surface area contributed by atoms with Crippen LogP contribution < -0.4 is 19.5 Å². The third-order valence-electron chi connectivity index (χ3n) is 2.96. The third-order valence-corrected chi connectivity index (χ3v) is 3.76. The zero-order valence-electron chi connectivity index (χ0n) is 11.8. The maximum atomic E-state index is 12.9. The lowest BCUT2D eigenvalue weighted by Crippen LogP contribution is -2.25. The van der Waals surface area contributed by atoms with Crippen molar-refractivity contribution < 1.29 is 27.8 Å². The van der Waals surface area contributed by atoms with E-state index in [2.05, 4.69) is 14.8 Å². The Bertz CT molecular complexity index is 801. The second-order valence-corrected chi connectivity index (χ2v) is 5.50. The molecule has 0 saturated heterocycles. The van der Waals surface area contributed by atoms with Crippen LogP contribution >= 0.6 is 23.2 Å². The zero-order valence-corrected chi connectivity index (χ0v) is 13.3. The van der Waals surface area contributed by atoms with Crippen LogP contribution in [0.4, 0.5) is 14.5 Å². The number of anilines is 1. The third kappa shape index (κ3) is 3.63. The molecular weight excluding hydrogens is 367 g/mol. The highest BCUT2D eigenvalue weighted by Gasteiger charge is 2.43. The number of fused-ring (bicyclic) bond motifs is 1. The average molecular weight is 376 g/mol. The molecule has 1 N–H and O–H groups in total. The van der Waals surface area contributed by atoms with Gasteiger partial charge >= 0.3 is 6.29 Å². The van der Waals surface area contributed by atoms with Crippen molar-refractivity contribution in [3.05, 3.63) is 46.4 Å². The topological polar surface area (TPSA) is 56.8 Å². The Kier molecular flexibility index (Phi) is 4.38. The first kappa shape index (κ1) is 16.6. The Hall–Kier alpha value is -2.25. The number of nitrogens with one attached hydrogen (secondary N) is 1. The van der Waals surface area contributed by atoms with Gasteiger partial charge in [0.25, 0.3) is 5.91 Å². The van der Waals surface area contributed by atoms with Gasteiger partial charge < -0.3 is 19.5 Å². The van der Waals surface area contributed by atoms with Gasteiger partial charge in [-0.2, -0.15) is 0 Å². The molecule has 126 valence electrons. The molecule has 0 fully saturated rings. The predicted octanol–water partition coefficient (Wildman–Crippen LogP) is 4.33. The van der Waals surface area contributed by atoms with Gasteiger partial charge in [-0.25, -0.2) is 0 Å². The number of hydrogen-bond donors (Lipinski definition) is 1. The maximum Gasteiger partial charge on any atom is 0.586 e. The molecule has 1 amide bonds. The van der Waals surface area contributed by atoms with Crippen LogP contribution in [0.25, 0.3) is 0 Å². The summed E-state index contributed by atoms with van der Waals surface area (Å²) in [7, 11) is 0. The summed E-state index contributed by atoms with van der Waals surface area (Å²) in [4.78, 5) is 11.9. The first-order chi connectivity index (χ1) is 11.3. The van der Waals surface area contributed by atoms with E-state index >= 15 is 0 Å². The number of rotatable bonds is 4. The van der Waals surface area contributed by atoms with E-state index in [0.717, 1.165) is 0 Å². The van der Waals surface area contributed by atoms with E-state index in [1.807, 2.05) is 0 Å². The molecule has 3 rings (SSSR count). The van der Waals surface area contributed by atoms with Crippen molar-refractivity contribution >= 4 is 34.8 Å². The van der Waals surface area contributed by atoms with Gasteiger partial charge in [0, 0.05) is 11.8 Å². The van der Waals surface area contributed by atoms with Gasteiger partial charge in [0.05, 0.1) is 5.02 Å². The van der Waals surface area contributed by atoms with Gasteiger partial charge in [-0.05, 0) is 24.3 Å². The standard InChI is InChI=1S/C15H9Cl2F2NO4/c16-9-2-1-3-11(14(9)17)22-7-13(21)20-8-4-5-10-12(6-8)24-15(18,19)23-10/h1-6H,7H2,(H,20,21). The molecule has 2 aromatic rings. The Balaban J connectivity index is 1.61. The van der Waals surface area contributed by atoms with E-state index in [1.54, 1.807) is 18.2 Å². The number of alkyl halides is 2. The maximum absolute atomic E-state index is 12.9. The molecule has 1 aliphatic rings. The molecule has 0 saturated carbocycles. The highest BCUT2D eigenvalue weighted by Crippen LogP contribution is 2.42. The molecule has 2 aromatic carbocycles. The Labute approximate surface area is 145 Å². The van der Waals surface area contributed by atoms with E-state index in [1.165, 1.54) is 18.2 Å². The van der Waals surface area contributed by atoms with Crippen LogP contribution in [-0.4, -0.2) is 18.8 Å². The minimum Gasteiger partial charge on any atom is -0.482 e. The normalized spacial score (nSPS) is 14.3. The van der Waals surface area contributed by atoms with Gasteiger partial charge in [-0.15, -0.1) is 8.78 Å². The van der Waals surface area contributed by atoms with Crippen molar-refractivity contribution in [1.82, 2.24) is 0 Å². The number of carbonyl (C=O) groups is 1. The van der Waals surface area contributed by atoms with Crippen LogP contribution in [0.15, 0.2) is 36.4 Å². The van der Waals surface area contributed by atoms with Crippen molar-refractivity contribution in [2.75, 3.05) is 11.9 Å². The van der Waals surface area contributed by atoms with Gasteiger partial charge in [0.15, 0.2) is 18.1 Å². The fourth-order valence-corrected chi connectivity index (χ4v) is 2.31. The summed E-state index contributed by atoms with van der Waals surface area (Å²) in [5, 5.41) is 2.97. The summed E-state index contributed by atoms with van der Waals surface area (Å²) in [6.45, 7) is -0.343. The van der Waals surface area contributed by atoms with E-state index in [4.69, 9.17) is 27.9 Å². The van der Waals surface area contributed by atoms with Crippen LogP contribution in [0.3, 0.4) is 0 Å². The quantitative estimate of drug-likeness (QED) is 0.863. The monoisotopic (exact) mass is 375 g/mol. The summed E-state index contributed by atoms with van der Waals surface area (Å²) in [6.07, 6.45) is -3.71. The summed E-state index contributed by atoms with van der Waals surface area (Å²) in [6, 6.07) is 8.65. The Morgan fingerprint density at radius 3 is 2.71 bits per heavy atom. The molecule has 0 bridgehead atoms. The summed E-state index contributed by atoms with van der Waals surface area (Å²) < 4.78 is 39.7. The van der Waals surface area contributed by atoms with Crippen molar-refractivity contribution in [2.24, 2.45) is 0 Å². The van der Waals surface area contributed by atoms with Crippen molar-refractivity contribution in [1.29, 1.82) is 0 Å². The number of hydrogen-bond acceptors (Lipinski definition) is 4. The van der Waals surface area contributed by atoms with Crippen LogP contribution in [0.5, 0.6) is 17.2 Å². The zero-order chi connectivity index (χ0) is 17.3. The van der Waals surface area contributed by atoms with E-state index < -0.39 is 12.2 Å². The molecule has 0 spiro atoms. The van der Waals surface area contributed by atoms with Crippen molar-refractivity contribution in [3.8, 4) is 17.2 Å². The lowest BCUT2D eigenvalue weighted by Gasteiger charge is -2.09. The van der Waals surface area contributed by atoms with Crippen molar-refractivity contribution in [2.45, 2.75) is 6.29 Å². The molecule has 0 unspecified atom stereocenters. The first-order valence-electron chi connectivity index (χ1n) is 6.60. The second-order valence-electron chi connectivity index (χ2n) is 4.72. The number of carbonyl (C=O) groups excluding carboxylic acids is 1. The van der Waals surface area contributed by atoms with Crippen LogP contribution in [0.2, 0.25) is 10.0 Å². The largest absolute Gasteiger partial charge is 0.586 e. The predicted molar refractivity (Wildman–Crippen MR) is 83.2 cm³/mol. The number of amides is 1. The fraction of sp³-hybridized carbons (Fsp3) is 0.133. The molecule has 0 atom stereocenters. The minimum atomic E-state index is -3.71. The van der Waals surface area contributed by atoms with Crippen LogP contribution in [0.1, 0.15) is 0 Å².